The van der Waals surface area contributed by atoms with Crippen LogP contribution in [0.2, 0.25) is 0 Å². The zero-order chi connectivity index (χ0) is 9.35. The Morgan fingerprint density at radius 2 is 2.00 bits per heavy atom. The molecule has 66 valence electrons. The van der Waals surface area contributed by atoms with E-state index in [4.69, 9.17) is 11.6 Å². The van der Waals surface area contributed by atoms with Gasteiger partial charge in [0.25, 0.3) is 0 Å². The Kier molecular flexibility index (Phi) is 1.79. The maximum atomic E-state index is 11.9. The maximum Gasteiger partial charge on any atom is 0.449 e. The molecule has 0 saturated carbocycles. The van der Waals surface area contributed by atoms with Crippen LogP contribution in [0.5, 0.6) is 0 Å². The van der Waals surface area contributed by atoms with Crippen LogP contribution in [0.4, 0.5) is 19.0 Å². The van der Waals surface area contributed by atoms with Gasteiger partial charge in [0.05, 0.1) is 6.07 Å². The molecule has 7 heteroatoms. The topological polar surface area (TPSA) is 68.8 Å². The van der Waals surface area contributed by atoms with Gasteiger partial charge in [-0.15, -0.1) is 9.66 Å². The molecule has 1 rings (SSSR count). The molecule has 0 spiro atoms. The van der Waals surface area contributed by atoms with Gasteiger partial charge >= 0.3 is 6.18 Å². The molecule has 0 bridgehead atoms. The van der Waals surface area contributed by atoms with Crippen LogP contribution in [0.1, 0.15) is 5.69 Å². The SMILES string of the molecule is Nc1cc(C(F)(F)F)nc[n+]1N. The van der Waals surface area contributed by atoms with E-state index in [1.54, 1.807) is 0 Å². The van der Waals surface area contributed by atoms with Crippen molar-refractivity contribution in [1.82, 2.24) is 4.98 Å². The molecule has 12 heavy (non-hydrogen) atoms. The highest BCUT2D eigenvalue weighted by Crippen LogP contribution is 2.27. The van der Waals surface area contributed by atoms with Crippen molar-refractivity contribution in [1.29, 1.82) is 0 Å². The molecule has 1 heterocycles. The highest BCUT2D eigenvalue weighted by Gasteiger charge is 2.36. The minimum atomic E-state index is -4.48. The molecule has 1 aromatic rings. The monoisotopic (exact) mass is 179 g/mol. The van der Waals surface area contributed by atoms with Crippen molar-refractivity contribution in [2.75, 3.05) is 11.6 Å². The summed E-state index contributed by atoms with van der Waals surface area (Å²) in [6.45, 7) is 0. The molecule has 0 unspecified atom stereocenters. The average Bonchev–Trinajstić information content (AvgIpc) is 1.92. The minimum Gasteiger partial charge on any atom is -0.317 e. The lowest BCUT2D eigenvalue weighted by atomic mass is 10.4. The van der Waals surface area contributed by atoms with Gasteiger partial charge in [-0.2, -0.15) is 13.2 Å². The summed E-state index contributed by atoms with van der Waals surface area (Å²) in [4.78, 5) is 3.04. The number of nitrogens with two attached hydrogens (primary N) is 2. The average molecular weight is 179 g/mol. The Labute approximate surface area is 65.6 Å². The van der Waals surface area contributed by atoms with E-state index >= 15 is 0 Å². The molecular weight excluding hydrogens is 173 g/mol. The Morgan fingerprint density at radius 1 is 1.42 bits per heavy atom. The van der Waals surface area contributed by atoms with Gasteiger partial charge in [-0.25, -0.2) is 0 Å². The molecule has 0 aliphatic heterocycles. The van der Waals surface area contributed by atoms with Gasteiger partial charge < -0.3 is 5.73 Å². The first-order valence-corrected chi connectivity index (χ1v) is 2.90. The van der Waals surface area contributed by atoms with E-state index in [9.17, 15) is 13.2 Å². The summed E-state index contributed by atoms with van der Waals surface area (Å²) in [7, 11) is 0. The first-order valence-electron chi connectivity index (χ1n) is 2.90. The van der Waals surface area contributed by atoms with Gasteiger partial charge in [0, 0.05) is 0 Å². The predicted molar refractivity (Wildman–Crippen MR) is 34.0 cm³/mol. The number of alkyl halides is 3. The van der Waals surface area contributed by atoms with Crippen molar-refractivity contribution >= 4 is 5.82 Å². The molecule has 4 N–H and O–H groups in total. The smallest absolute Gasteiger partial charge is 0.317 e. The number of halogens is 3. The Morgan fingerprint density at radius 3 is 2.42 bits per heavy atom. The lowest BCUT2D eigenvalue weighted by molar-refractivity contribution is -0.627. The zero-order valence-electron chi connectivity index (χ0n) is 5.84. The number of hydrogen-bond donors (Lipinski definition) is 2. The Bertz CT molecular complexity index is 295. The molecular formula is C5H6F3N4+. The van der Waals surface area contributed by atoms with Crippen LogP contribution >= 0.6 is 0 Å². The van der Waals surface area contributed by atoms with Crippen molar-refractivity contribution in [3.8, 4) is 0 Å². The first kappa shape index (κ1) is 8.57. The summed E-state index contributed by atoms with van der Waals surface area (Å²) in [5.41, 5.74) is 4.06. The van der Waals surface area contributed by atoms with E-state index < -0.39 is 11.9 Å². The van der Waals surface area contributed by atoms with Crippen LogP contribution in [-0.4, -0.2) is 4.98 Å². The van der Waals surface area contributed by atoms with E-state index in [1.165, 1.54) is 0 Å². The third kappa shape index (κ3) is 1.55. The molecule has 0 saturated heterocycles. The Balaban J connectivity index is 3.14. The number of hydrogen-bond acceptors (Lipinski definition) is 3. The summed E-state index contributed by atoms with van der Waals surface area (Å²) >= 11 is 0. The van der Waals surface area contributed by atoms with E-state index in [1.807, 2.05) is 0 Å². The van der Waals surface area contributed by atoms with Crippen LogP contribution < -0.4 is 16.3 Å². The van der Waals surface area contributed by atoms with E-state index in [-0.39, 0.29) is 5.82 Å². The van der Waals surface area contributed by atoms with Gasteiger partial charge in [-0.1, -0.05) is 0 Å². The van der Waals surface area contributed by atoms with Crippen LogP contribution in [0, 0.1) is 0 Å². The second-order valence-corrected chi connectivity index (χ2v) is 2.10. The lowest BCUT2D eigenvalue weighted by Crippen LogP contribution is -2.47. The maximum absolute atomic E-state index is 11.9. The molecule has 4 nitrogen and oxygen atoms in total. The van der Waals surface area contributed by atoms with Crippen LogP contribution in [0.3, 0.4) is 0 Å². The second kappa shape index (κ2) is 2.50. The zero-order valence-corrected chi connectivity index (χ0v) is 5.84. The molecule has 0 fully saturated rings. The predicted octanol–water partition coefficient (Wildman–Crippen LogP) is -0.316. The number of nitrogens with zero attached hydrogens (tertiary/aromatic N) is 2. The normalized spacial score (nSPS) is 11.6. The highest BCUT2D eigenvalue weighted by molar-refractivity contribution is 5.23. The van der Waals surface area contributed by atoms with Crippen LogP contribution in [0.15, 0.2) is 12.4 Å². The fraction of sp³-hybridized carbons (Fsp3) is 0.200. The largest absolute Gasteiger partial charge is 0.449 e. The number of nitrogen functional groups attached to an aromatic ring is 2. The molecule has 0 aliphatic carbocycles. The van der Waals surface area contributed by atoms with Gasteiger partial charge in [-0.05, 0) is 0 Å². The van der Waals surface area contributed by atoms with Crippen LogP contribution in [0.25, 0.3) is 0 Å². The minimum absolute atomic E-state index is 0.197. The third-order valence-electron chi connectivity index (χ3n) is 1.19. The molecule has 0 atom stereocenters. The quantitative estimate of drug-likeness (QED) is 0.423. The number of rotatable bonds is 0. The van der Waals surface area contributed by atoms with Crippen molar-refractivity contribution < 1.29 is 17.8 Å². The van der Waals surface area contributed by atoms with Crippen molar-refractivity contribution in [3.63, 3.8) is 0 Å². The fourth-order valence-electron chi connectivity index (χ4n) is 0.598. The summed E-state index contributed by atoms with van der Waals surface area (Å²) in [5.74, 6) is 4.90. The van der Waals surface area contributed by atoms with E-state index in [0.717, 1.165) is 11.0 Å². The fourth-order valence-corrected chi connectivity index (χ4v) is 0.598. The standard InChI is InChI=1S/C5H5F3N4/c6-5(7,8)3-1-4(9)12(10)2-11-3/h1-2,9H,10H2/p+1. The van der Waals surface area contributed by atoms with E-state index in [0.29, 0.717) is 6.07 Å². The third-order valence-corrected chi connectivity index (χ3v) is 1.19. The molecule has 0 aromatic carbocycles. The highest BCUT2D eigenvalue weighted by atomic mass is 19.4. The van der Waals surface area contributed by atoms with Crippen LogP contribution in [-0.2, 0) is 6.18 Å². The summed E-state index contributed by atoms with van der Waals surface area (Å²) in [6.07, 6.45) is -3.68. The van der Waals surface area contributed by atoms with Gasteiger partial charge in [0.15, 0.2) is 0 Å². The van der Waals surface area contributed by atoms with Crippen molar-refractivity contribution in [2.45, 2.75) is 6.18 Å². The van der Waals surface area contributed by atoms with Gasteiger partial charge in [-0.3, -0.25) is 5.84 Å². The van der Waals surface area contributed by atoms with Gasteiger partial charge in [0.2, 0.25) is 17.8 Å². The summed E-state index contributed by atoms with van der Waals surface area (Å²) in [6, 6.07) is 0.667. The molecule has 0 aliphatic rings. The number of aromatic nitrogens is 2. The summed E-state index contributed by atoms with van der Waals surface area (Å²) < 4.78 is 36.6. The van der Waals surface area contributed by atoms with Gasteiger partial charge in [0.1, 0.15) is 0 Å². The van der Waals surface area contributed by atoms with Crippen molar-refractivity contribution in [2.24, 2.45) is 0 Å². The van der Waals surface area contributed by atoms with Crippen molar-refractivity contribution in [3.05, 3.63) is 18.1 Å². The number of anilines is 1. The summed E-state index contributed by atoms with van der Waals surface area (Å²) in [5, 5.41) is 0. The lowest BCUT2D eigenvalue weighted by Gasteiger charge is -2.02. The molecule has 1 aromatic heterocycles. The molecule has 0 radical (unpaired) electrons. The Hall–Kier alpha value is -1.53. The first-order chi connectivity index (χ1) is 5.41. The van der Waals surface area contributed by atoms with E-state index in [2.05, 4.69) is 4.98 Å². The second-order valence-electron chi connectivity index (χ2n) is 2.10. The molecule has 0 amide bonds.